The topological polar surface area (TPSA) is 38.0 Å². The van der Waals surface area contributed by atoms with Gasteiger partial charge in [0.2, 0.25) is 0 Å². The zero-order chi connectivity index (χ0) is 12.0. The highest BCUT2D eigenvalue weighted by Gasteiger charge is 2.01. The van der Waals surface area contributed by atoms with Gasteiger partial charge in [0.1, 0.15) is 0 Å². The summed E-state index contributed by atoms with van der Waals surface area (Å²) in [6.07, 6.45) is 5.00. The van der Waals surface area contributed by atoms with Crippen molar-refractivity contribution in [3.63, 3.8) is 0 Å². The van der Waals surface area contributed by atoms with Crippen LogP contribution in [0.5, 0.6) is 0 Å². The quantitative estimate of drug-likeness (QED) is 0.697. The van der Waals surface area contributed by atoms with Crippen molar-refractivity contribution in [2.75, 3.05) is 20.4 Å². The lowest BCUT2D eigenvalue weighted by atomic mass is 10.2. The Bertz CT molecular complexity index is 124. The first kappa shape index (κ1) is 19.2. The lowest BCUT2D eigenvalue weighted by molar-refractivity contribution is 0.870. The number of thioether (sulfide) groups is 1. The smallest absolute Gasteiger partial charge is 0.0275 e. The average molecular weight is 218 g/mol. The molecule has 1 atom stereocenters. The summed E-state index contributed by atoms with van der Waals surface area (Å²) in [5.41, 5.74) is 5.57. The van der Waals surface area contributed by atoms with Crippen LogP contribution in [0.1, 0.15) is 20.3 Å². The van der Waals surface area contributed by atoms with Gasteiger partial charge in [-0.1, -0.05) is 26.5 Å². The molecular weight excluding hydrogens is 192 g/mol. The van der Waals surface area contributed by atoms with Crippen LogP contribution in [-0.4, -0.2) is 25.6 Å². The second-order valence-electron chi connectivity index (χ2n) is 2.07. The molecule has 0 aromatic rings. The first-order chi connectivity index (χ1) is 6.74. The highest BCUT2D eigenvalue weighted by atomic mass is 32.2. The van der Waals surface area contributed by atoms with Crippen molar-refractivity contribution in [3.05, 3.63) is 24.9 Å². The monoisotopic (exact) mass is 218 g/mol. The van der Waals surface area contributed by atoms with Gasteiger partial charge in [0.15, 0.2) is 0 Å². The molecule has 0 rings (SSSR count). The van der Waals surface area contributed by atoms with Crippen LogP contribution >= 0.6 is 11.8 Å². The Labute approximate surface area is 94.0 Å². The fraction of sp³-hybridized carbons (Fsp3) is 0.636. The molecule has 2 nitrogen and oxygen atoms in total. The first-order valence-corrected chi connectivity index (χ1v) is 6.12. The molecule has 0 aliphatic heterocycles. The fourth-order valence-electron chi connectivity index (χ4n) is 0.608. The maximum absolute atomic E-state index is 4.50. The number of rotatable bonds is 5. The molecule has 14 heavy (non-hydrogen) atoms. The van der Waals surface area contributed by atoms with E-state index in [1.165, 1.54) is 7.05 Å². The number of nitrogens with one attached hydrogen (secondary N) is 1. The molecular formula is C11H26N2S. The Kier molecular flexibility index (Phi) is 25.2. The van der Waals surface area contributed by atoms with E-state index in [0.29, 0.717) is 5.25 Å². The molecule has 0 radical (unpaired) electrons. The van der Waals surface area contributed by atoms with Gasteiger partial charge < -0.3 is 11.1 Å². The van der Waals surface area contributed by atoms with Crippen LogP contribution in [0.15, 0.2) is 24.9 Å². The van der Waals surface area contributed by atoms with E-state index in [9.17, 15) is 0 Å². The predicted molar refractivity (Wildman–Crippen MR) is 71.8 cm³/mol. The van der Waals surface area contributed by atoms with Gasteiger partial charge >= 0.3 is 0 Å². The standard InChI is InChI=1S/C8H15NS.C2H6.CH5N/c1-5-8(10-4)6-7(2)9-3;2*1-2/h5,8-9H,1-2,6H2,3-4H3;1-2H3;2H2,1H3. The minimum atomic E-state index is 0.500. The zero-order valence-electron chi connectivity index (χ0n) is 10.3. The van der Waals surface area contributed by atoms with Crippen LogP contribution in [0, 0.1) is 0 Å². The second kappa shape index (κ2) is 18.4. The summed E-state index contributed by atoms with van der Waals surface area (Å²) in [4.78, 5) is 0. The molecule has 0 fully saturated rings. The summed E-state index contributed by atoms with van der Waals surface area (Å²) < 4.78 is 0. The summed E-state index contributed by atoms with van der Waals surface area (Å²) in [7, 11) is 3.39. The number of hydrogen-bond donors (Lipinski definition) is 2. The van der Waals surface area contributed by atoms with Gasteiger partial charge in [-0.2, -0.15) is 11.8 Å². The minimum absolute atomic E-state index is 0.500. The highest BCUT2D eigenvalue weighted by Crippen LogP contribution is 2.14. The van der Waals surface area contributed by atoms with Gasteiger partial charge in [-0.15, -0.1) is 6.58 Å². The maximum atomic E-state index is 4.50. The summed E-state index contributed by atoms with van der Waals surface area (Å²) in [5.74, 6) is 0. The lowest BCUT2D eigenvalue weighted by Gasteiger charge is -2.10. The minimum Gasteiger partial charge on any atom is -0.392 e. The van der Waals surface area contributed by atoms with Crippen LogP contribution in [0.3, 0.4) is 0 Å². The van der Waals surface area contributed by atoms with E-state index in [1.807, 2.05) is 27.0 Å². The molecule has 0 aliphatic rings. The lowest BCUT2D eigenvalue weighted by Crippen LogP contribution is -2.09. The molecule has 0 bridgehead atoms. The number of nitrogens with two attached hydrogens (primary N) is 1. The molecule has 0 saturated carbocycles. The van der Waals surface area contributed by atoms with Crippen molar-refractivity contribution in [1.29, 1.82) is 0 Å². The van der Waals surface area contributed by atoms with Crippen LogP contribution < -0.4 is 11.1 Å². The second-order valence-corrected chi connectivity index (χ2v) is 3.14. The van der Waals surface area contributed by atoms with Crippen molar-refractivity contribution in [2.24, 2.45) is 5.73 Å². The van der Waals surface area contributed by atoms with Crippen molar-refractivity contribution in [2.45, 2.75) is 25.5 Å². The van der Waals surface area contributed by atoms with E-state index in [-0.39, 0.29) is 0 Å². The Morgan fingerprint density at radius 2 is 1.93 bits per heavy atom. The molecule has 0 aliphatic carbocycles. The normalized spacial score (nSPS) is 9.57. The molecule has 3 heteroatoms. The van der Waals surface area contributed by atoms with Crippen molar-refractivity contribution < 1.29 is 0 Å². The maximum Gasteiger partial charge on any atom is 0.0275 e. The molecule has 0 amide bonds. The van der Waals surface area contributed by atoms with Crippen LogP contribution in [0.25, 0.3) is 0 Å². The molecule has 0 aromatic heterocycles. The van der Waals surface area contributed by atoms with Crippen molar-refractivity contribution >= 4 is 11.8 Å². The third-order valence-corrected chi connectivity index (χ3v) is 2.33. The molecule has 0 saturated heterocycles. The van der Waals surface area contributed by atoms with Crippen LogP contribution in [0.2, 0.25) is 0 Å². The molecule has 3 N–H and O–H groups in total. The Morgan fingerprint density at radius 3 is 2.14 bits per heavy atom. The van der Waals surface area contributed by atoms with E-state index in [4.69, 9.17) is 0 Å². The third-order valence-electron chi connectivity index (χ3n) is 1.37. The van der Waals surface area contributed by atoms with Gasteiger partial charge in [-0.05, 0) is 13.3 Å². The summed E-state index contributed by atoms with van der Waals surface area (Å²) in [5, 5.41) is 3.51. The van der Waals surface area contributed by atoms with E-state index < -0.39 is 0 Å². The summed E-state index contributed by atoms with van der Waals surface area (Å²) >= 11 is 1.79. The van der Waals surface area contributed by atoms with Gasteiger partial charge in [0.25, 0.3) is 0 Å². The van der Waals surface area contributed by atoms with Gasteiger partial charge in [0, 0.05) is 24.4 Å². The van der Waals surface area contributed by atoms with E-state index in [2.05, 4.69) is 30.5 Å². The van der Waals surface area contributed by atoms with Gasteiger partial charge in [-0.3, -0.25) is 0 Å². The highest BCUT2D eigenvalue weighted by molar-refractivity contribution is 7.99. The predicted octanol–water partition coefficient (Wildman–Crippen LogP) is 2.63. The Morgan fingerprint density at radius 1 is 1.50 bits per heavy atom. The van der Waals surface area contributed by atoms with E-state index in [1.54, 1.807) is 11.8 Å². The average Bonchev–Trinajstić information content (AvgIpc) is 2.30. The van der Waals surface area contributed by atoms with E-state index in [0.717, 1.165) is 12.1 Å². The summed E-state index contributed by atoms with van der Waals surface area (Å²) in [6.45, 7) is 11.6. The van der Waals surface area contributed by atoms with Crippen molar-refractivity contribution in [1.82, 2.24) is 5.32 Å². The molecule has 86 valence electrons. The number of hydrogen-bond acceptors (Lipinski definition) is 3. The third kappa shape index (κ3) is 14.1. The van der Waals surface area contributed by atoms with Gasteiger partial charge in [-0.25, -0.2) is 0 Å². The summed E-state index contributed by atoms with van der Waals surface area (Å²) in [6, 6.07) is 0. The van der Waals surface area contributed by atoms with Crippen LogP contribution in [-0.2, 0) is 0 Å². The molecule has 1 unspecified atom stereocenters. The van der Waals surface area contributed by atoms with Gasteiger partial charge in [0.05, 0.1) is 0 Å². The van der Waals surface area contributed by atoms with Crippen molar-refractivity contribution in [3.8, 4) is 0 Å². The van der Waals surface area contributed by atoms with E-state index >= 15 is 0 Å². The molecule has 0 spiro atoms. The Hall–Kier alpha value is -0.410. The molecule has 0 aromatic carbocycles. The first-order valence-electron chi connectivity index (χ1n) is 4.83. The number of allylic oxidation sites excluding steroid dienone is 1. The molecule has 0 heterocycles. The Balaban J connectivity index is -0.000000266. The zero-order valence-corrected chi connectivity index (χ0v) is 11.1. The van der Waals surface area contributed by atoms with Crippen LogP contribution in [0.4, 0.5) is 0 Å². The largest absolute Gasteiger partial charge is 0.392 e. The fourth-order valence-corrected chi connectivity index (χ4v) is 1.17. The SMILES string of the molecule is C=CC(CC(=C)NC)SC.CC.CN.